The van der Waals surface area contributed by atoms with Gasteiger partial charge in [0.15, 0.2) is 0 Å². The lowest BCUT2D eigenvalue weighted by Gasteiger charge is -2.32. The summed E-state index contributed by atoms with van der Waals surface area (Å²) in [5.41, 5.74) is 3.15. The molecule has 36 heavy (non-hydrogen) atoms. The van der Waals surface area contributed by atoms with Crippen molar-refractivity contribution in [2.45, 2.75) is 39.8 Å². The van der Waals surface area contributed by atoms with Gasteiger partial charge in [0.25, 0.3) is 0 Å². The van der Waals surface area contributed by atoms with Gasteiger partial charge in [-0.2, -0.15) is 0 Å². The van der Waals surface area contributed by atoms with Gasteiger partial charge in [0.2, 0.25) is 6.41 Å². The highest BCUT2D eigenvalue weighted by Gasteiger charge is 2.16. The van der Waals surface area contributed by atoms with Crippen LogP contribution in [-0.4, -0.2) is 83.6 Å². The van der Waals surface area contributed by atoms with Gasteiger partial charge in [0.1, 0.15) is 11.6 Å². The summed E-state index contributed by atoms with van der Waals surface area (Å²) < 4.78 is 8.51. The number of hydrogen-bond donors (Lipinski definition) is 0. The Kier molecular flexibility index (Phi) is 9.36. The number of piperazine rings is 1. The Bertz CT molecular complexity index is 1100. The largest absolute Gasteiger partial charge is 0.493 e. The number of carbonyl (C=O) groups excluding carboxylic acids is 1. The molecule has 4 rings (SSSR count). The van der Waals surface area contributed by atoms with Gasteiger partial charge in [0, 0.05) is 44.8 Å². The molecular formula is C29H41N5O2. The van der Waals surface area contributed by atoms with Crippen molar-refractivity contribution in [3.63, 3.8) is 0 Å². The predicted molar refractivity (Wildman–Crippen MR) is 145 cm³/mol. The topological polar surface area (TPSA) is 53.8 Å². The van der Waals surface area contributed by atoms with Crippen molar-refractivity contribution in [1.82, 2.24) is 24.3 Å². The molecule has 194 valence electrons. The molecule has 1 saturated heterocycles. The summed E-state index contributed by atoms with van der Waals surface area (Å²) in [6.45, 7) is 12.6. The fourth-order valence-corrected chi connectivity index (χ4v) is 4.68. The van der Waals surface area contributed by atoms with Gasteiger partial charge in [-0.05, 0) is 44.0 Å². The number of fused-ring (bicyclic) bond motifs is 1. The number of para-hydroxylation sites is 3. The van der Waals surface area contributed by atoms with Crippen molar-refractivity contribution >= 4 is 17.4 Å². The molecule has 7 heteroatoms. The molecule has 2 heterocycles. The highest BCUT2D eigenvalue weighted by atomic mass is 16.5. The number of imidazole rings is 1. The summed E-state index contributed by atoms with van der Waals surface area (Å²) in [5.74, 6) is 2.37. The molecule has 7 nitrogen and oxygen atoms in total. The molecular weight excluding hydrogens is 450 g/mol. The molecule has 0 N–H and O–H groups in total. The quantitative estimate of drug-likeness (QED) is 0.266. The molecule has 0 radical (unpaired) electrons. The van der Waals surface area contributed by atoms with Crippen LogP contribution in [0.5, 0.6) is 5.75 Å². The van der Waals surface area contributed by atoms with Gasteiger partial charge in [-0.25, -0.2) is 4.98 Å². The third-order valence-electron chi connectivity index (χ3n) is 6.99. The average molecular weight is 492 g/mol. The molecule has 1 aliphatic heterocycles. The van der Waals surface area contributed by atoms with Crippen LogP contribution in [0.2, 0.25) is 0 Å². The lowest BCUT2D eigenvalue weighted by molar-refractivity contribution is -0.118. The first kappa shape index (κ1) is 26.2. The van der Waals surface area contributed by atoms with Gasteiger partial charge in [-0.15, -0.1) is 0 Å². The third-order valence-corrected chi connectivity index (χ3v) is 6.99. The van der Waals surface area contributed by atoms with Gasteiger partial charge in [0.05, 0.1) is 30.7 Å². The van der Waals surface area contributed by atoms with Crippen LogP contribution in [-0.2, 0) is 17.9 Å². The summed E-state index contributed by atoms with van der Waals surface area (Å²) in [7, 11) is 2.19. The van der Waals surface area contributed by atoms with Crippen LogP contribution in [0.15, 0.2) is 48.5 Å². The number of rotatable bonds is 13. The summed E-state index contributed by atoms with van der Waals surface area (Å²) in [5, 5.41) is 0. The van der Waals surface area contributed by atoms with E-state index in [9.17, 15) is 4.79 Å². The minimum absolute atomic E-state index is 0.499. The number of likely N-dealkylation sites (N-methyl/N-ethyl adjacent to an activating group) is 1. The molecule has 0 saturated carbocycles. The molecule has 0 aliphatic carbocycles. The second-order valence-electron chi connectivity index (χ2n) is 10.3. The summed E-state index contributed by atoms with van der Waals surface area (Å²) in [6, 6.07) is 16.5. The van der Waals surface area contributed by atoms with E-state index in [2.05, 4.69) is 59.5 Å². The van der Waals surface area contributed by atoms with Crippen LogP contribution in [0.25, 0.3) is 11.0 Å². The second kappa shape index (κ2) is 12.9. The molecule has 0 atom stereocenters. The smallest absolute Gasteiger partial charge is 0.210 e. The summed E-state index contributed by atoms with van der Waals surface area (Å²) in [6.07, 6.45) is 2.94. The Morgan fingerprint density at radius 3 is 2.58 bits per heavy atom. The molecule has 3 aromatic rings. The highest BCUT2D eigenvalue weighted by molar-refractivity contribution is 5.76. The van der Waals surface area contributed by atoms with E-state index in [1.165, 1.54) is 0 Å². The fraction of sp³-hybridized carbons (Fsp3) is 0.517. The maximum Gasteiger partial charge on any atom is 0.210 e. The fourth-order valence-electron chi connectivity index (χ4n) is 4.68. The lowest BCUT2D eigenvalue weighted by atomic mass is 10.1. The van der Waals surface area contributed by atoms with E-state index < -0.39 is 0 Å². The highest BCUT2D eigenvalue weighted by Crippen LogP contribution is 2.24. The van der Waals surface area contributed by atoms with Crippen LogP contribution in [0.1, 0.15) is 38.1 Å². The first-order valence-corrected chi connectivity index (χ1v) is 13.3. The molecule has 2 aromatic carbocycles. The second-order valence-corrected chi connectivity index (χ2v) is 10.3. The number of amides is 1. The van der Waals surface area contributed by atoms with E-state index in [0.717, 1.165) is 86.7 Å². The lowest BCUT2D eigenvalue weighted by Crippen LogP contribution is -2.44. The zero-order valence-corrected chi connectivity index (χ0v) is 22.1. The Labute approximate surface area is 215 Å². The standard InChI is InChI=1S/C29H41N5O2/c1-24(2)13-15-33(23-35)22-29-30-26-10-5-6-11-27(26)34(29)21-25-9-4-7-12-28(25)36-20-8-14-32-18-16-31(3)17-19-32/h4-7,9-12,23-24H,8,13-22H2,1-3H3. The zero-order chi connectivity index (χ0) is 25.3. The number of aromatic nitrogens is 2. The number of nitrogens with zero attached hydrogens (tertiary/aromatic N) is 5. The van der Waals surface area contributed by atoms with Crippen molar-refractivity contribution in [3.8, 4) is 5.75 Å². The van der Waals surface area contributed by atoms with Crippen LogP contribution < -0.4 is 4.74 Å². The average Bonchev–Trinajstić information content (AvgIpc) is 3.23. The van der Waals surface area contributed by atoms with Crippen molar-refractivity contribution in [2.75, 3.05) is 52.9 Å². The first-order valence-electron chi connectivity index (χ1n) is 13.3. The summed E-state index contributed by atoms with van der Waals surface area (Å²) >= 11 is 0. The molecule has 1 aliphatic rings. The number of carbonyl (C=O) groups is 1. The van der Waals surface area contributed by atoms with Crippen LogP contribution in [0.4, 0.5) is 0 Å². The van der Waals surface area contributed by atoms with Crippen molar-refractivity contribution in [2.24, 2.45) is 5.92 Å². The number of benzene rings is 2. The van der Waals surface area contributed by atoms with E-state index >= 15 is 0 Å². The van der Waals surface area contributed by atoms with Crippen molar-refractivity contribution < 1.29 is 9.53 Å². The predicted octanol–water partition coefficient (Wildman–Crippen LogP) is 4.11. The van der Waals surface area contributed by atoms with Gasteiger partial charge < -0.3 is 24.0 Å². The van der Waals surface area contributed by atoms with Crippen LogP contribution in [0.3, 0.4) is 0 Å². The Morgan fingerprint density at radius 1 is 1.06 bits per heavy atom. The first-order chi connectivity index (χ1) is 17.5. The van der Waals surface area contributed by atoms with Gasteiger partial charge >= 0.3 is 0 Å². The number of hydrogen-bond acceptors (Lipinski definition) is 5. The Hall–Kier alpha value is -2.90. The molecule has 0 spiro atoms. The monoisotopic (exact) mass is 491 g/mol. The molecule has 0 bridgehead atoms. The normalized spacial score (nSPS) is 15.0. The molecule has 1 aromatic heterocycles. The Morgan fingerprint density at radius 2 is 1.81 bits per heavy atom. The SMILES string of the molecule is CC(C)CCN(C=O)Cc1nc2ccccc2n1Cc1ccccc1OCCCN1CCN(C)CC1. The van der Waals surface area contributed by atoms with Gasteiger partial charge in [-0.1, -0.05) is 44.2 Å². The minimum Gasteiger partial charge on any atom is -0.493 e. The minimum atomic E-state index is 0.499. The molecule has 1 amide bonds. The maximum atomic E-state index is 11.8. The van der Waals surface area contributed by atoms with Gasteiger partial charge in [-0.3, -0.25) is 4.79 Å². The van der Waals surface area contributed by atoms with E-state index in [1.54, 1.807) is 0 Å². The van der Waals surface area contributed by atoms with Crippen molar-refractivity contribution in [3.05, 3.63) is 59.9 Å². The molecule has 1 fully saturated rings. The van der Waals surface area contributed by atoms with Crippen LogP contribution in [0, 0.1) is 5.92 Å². The Balaban J connectivity index is 1.45. The molecule has 0 unspecified atom stereocenters. The van der Waals surface area contributed by atoms with Crippen molar-refractivity contribution in [1.29, 1.82) is 0 Å². The van der Waals surface area contributed by atoms with Crippen LogP contribution >= 0.6 is 0 Å². The summed E-state index contributed by atoms with van der Waals surface area (Å²) in [4.78, 5) is 23.4. The maximum absolute atomic E-state index is 11.8. The zero-order valence-electron chi connectivity index (χ0n) is 22.1. The third kappa shape index (κ3) is 7.08. The van der Waals surface area contributed by atoms with E-state index in [0.29, 0.717) is 25.6 Å². The number of ether oxygens (including phenoxy) is 1. The van der Waals surface area contributed by atoms with E-state index in [4.69, 9.17) is 9.72 Å². The van der Waals surface area contributed by atoms with E-state index in [1.807, 2.05) is 29.2 Å². The van der Waals surface area contributed by atoms with E-state index in [-0.39, 0.29) is 0 Å².